The number of aliphatic hydroxyl groups is 3. The number of rotatable bonds is 13. The lowest BCUT2D eigenvalue weighted by molar-refractivity contribution is -0.0729. The molecule has 1 saturated heterocycles. The van der Waals surface area contributed by atoms with Crippen molar-refractivity contribution in [1.29, 1.82) is 0 Å². The Balaban J connectivity index is 1.99. The highest BCUT2D eigenvalue weighted by molar-refractivity contribution is 4.89. The number of unbranched alkanes of at least 4 members (excludes halogenated alkanes) is 6. The highest BCUT2D eigenvalue weighted by Crippen LogP contribution is 2.20. The molecule has 23 heavy (non-hydrogen) atoms. The summed E-state index contributed by atoms with van der Waals surface area (Å²) in [7, 11) is 0. The van der Waals surface area contributed by atoms with Crippen LogP contribution in [-0.4, -0.2) is 59.6 Å². The summed E-state index contributed by atoms with van der Waals surface area (Å²) in [5.74, 6) is 0. The minimum absolute atomic E-state index is 0.260. The van der Waals surface area contributed by atoms with Crippen molar-refractivity contribution in [3.63, 3.8) is 0 Å². The van der Waals surface area contributed by atoms with Gasteiger partial charge in [-0.3, -0.25) is 0 Å². The highest BCUT2D eigenvalue weighted by Gasteiger charge is 2.40. The summed E-state index contributed by atoms with van der Waals surface area (Å²) in [5.41, 5.74) is 0. The maximum Gasteiger partial charge on any atom is 0.114 e. The van der Waals surface area contributed by atoms with E-state index in [0.717, 1.165) is 19.3 Å². The summed E-state index contributed by atoms with van der Waals surface area (Å²) >= 11 is 0. The third kappa shape index (κ3) is 8.27. The Hall–Kier alpha value is -0.460. The minimum atomic E-state index is -1.06. The van der Waals surface area contributed by atoms with Crippen LogP contribution in [0.4, 0.5) is 0 Å². The topological polar surface area (TPSA) is 79.2 Å². The summed E-state index contributed by atoms with van der Waals surface area (Å²) in [6, 6.07) is 0. The molecule has 5 heteroatoms. The van der Waals surface area contributed by atoms with Gasteiger partial charge in [-0.05, 0) is 25.7 Å². The molecule has 1 rings (SSSR count). The average molecular weight is 330 g/mol. The quantitative estimate of drug-likeness (QED) is 0.356. The van der Waals surface area contributed by atoms with Crippen molar-refractivity contribution in [2.45, 2.75) is 82.7 Å². The zero-order valence-corrected chi connectivity index (χ0v) is 14.4. The van der Waals surface area contributed by atoms with E-state index in [1.54, 1.807) is 0 Å². The van der Waals surface area contributed by atoms with Crippen LogP contribution in [0.25, 0.3) is 0 Å². The number of aliphatic hydroxyl groups excluding tert-OH is 3. The molecular weight excluding hydrogens is 296 g/mol. The maximum absolute atomic E-state index is 9.98. The third-order valence-electron chi connectivity index (χ3n) is 4.22. The fourth-order valence-electron chi connectivity index (χ4n) is 2.74. The number of ether oxygens (including phenoxy) is 2. The molecule has 5 nitrogen and oxygen atoms in total. The molecule has 0 saturated carbocycles. The Labute approximate surface area is 140 Å². The van der Waals surface area contributed by atoms with Gasteiger partial charge in [-0.25, -0.2) is 0 Å². The summed E-state index contributed by atoms with van der Waals surface area (Å²) < 4.78 is 10.9. The number of hydrogen-bond acceptors (Lipinski definition) is 5. The first-order chi connectivity index (χ1) is 11.2. The van der Waals surface area contributed by atoms with Gasteiger partial charge in [0.15, 0.2) is 0 Å². The van der Waals surface area contributed by atoms with Gasteiger partial charge in [-0.2, -0.15) is 0 Å². The van der Waals surface area contributed by atoms with Crippen molar-refractivity contribution in [3.8, 4) is 0 Å². The first kappa shape index (κ1) is 20.6. The summed E-state index contributed by atoms with van der Waals surface area (Å²) in [6.07, 6.45) is 10.9. The minimum Gasteiger partial charge on any atom is -0.394 e. The van der Waals surface area contributed by atoms with E-state index in [2.05, 4.69) is 19.1 Å². The molecule has 1 fully saturated rings. The monoisotopic (exact) mass is 330 g/mol. The zero-order valence-electron chi connectivity index (χ0n) is 14.4. The van der Waals surface area contributed by atoms with E-state index < -0.39 is 31.0 Å². The van der Waals surface area contributed by atoms with Crippen molar-refractivity contribution >= 4 is 0 Å². The van der Waals surface area contributed by atoms with Crippen molar-refractivity contribution in [2.75, 3.05) is 19.8 Å². The van der Waals surface area contributed by atoms with E-state index in [1.807, 2.05) is 0 Å². The lowest BCUT2D eigenvalue weighted by Crippen LogP contribution is -2.41. The van der Waals surface area contributed by atoms with Crippen LogP contribution in [0.1, 0.15) is 58.3 Å². The van der Waals surface area contributed by atoms with E-state index in [-0.39, 0.29) is 6.61 Å². The van der Waals surface area contributed by atoms with Gasteiger partial charge in [-0.1, -0.05) is 44.8 Å². The van der Waals surface area contributed by atoms with Gasteiger partial charge < -0.3 is 24.8 Å². The summed E-state index contributed by atoms with van der Waals surface area (Å²) in [5, 5.41) is 28.4. The second-order valence-corrected chi connectivity index (χ2v) is 6.26. The van der Waals surface area contributed by atoms with Crippen LogP contribution < -0.4 is 0 Å². The molecule has 0 aromatic heterocycles. The molecule has 0 radical (unpaired) electrons. The van der Waals surface area contributed by atoms with Gasteiger partial charge in [0.05, 0.1) is 13.2 Å². The van der Waals surface area contributed by atoms with E-state index in [1.165, 1.54) is 32.1 Å². The van der Waals surface area contributed by atoms with E-state index in [4.69, 9.17) is 14.6 Å². The Bertz CT molecular complexity index is 308. The standard InChI is InChI=1S/C18H34O5/c1-2-3-4-5-6-7-8-9-10-11-12-22-16-14-23-18(17(16)21)15(20)13-19/h8-9,15-21H,2-7,10-14H2,1H3/b9-8+/t15-,16+,17+,18+/m1/s1. The van der Waals surface area contributed by atoms with Gasteiger partial charge >= 0.3 is 0 Å². The molecule has 0 aliphatic carbocycles. The zero-order chi connectivity index (χ0) is 16.9. The Morgan fingerprint density at radius 3 is 2.52 bits per heavy atom. The van der Waals surface area contributed by atoms with Gasteiger partial charge in [0.2, 0.25) is 0 Å². The van der Waals surface area contributed by atoms with Crippen LogP contribution >= 0.6 is 0 Å². The van der Waals surface area contributed by atoms with Crippen LogP contribution in [0, 0.1) is 0 Å². The Kier molecular flexibility index (Phi) is 11.5. The molecule has 0 unspecified atom stereocenters. The summed E-state index contributed by atoms with van der Waals surface area (Å²) in [6.45, 7) is 2.63. The van der Waals surface area contributed by atoms with Crippen LogP contribution in [0.15, 0.2) is 12.2 Å². The number of allylic oxidation sites excluding steroid dienone is 2. The molecule has 136 valence electrons. The smallest absolute Gasteiger partial charge is 0.114 e. The van der Waals surface area contributed by atoms with Crippen molar-refractivity contribution in [1.82, 2.24) is 0 Å². The fourth-order valence-corrected chi connectivity index (χ4v) is 2.74. The highest BCUT2D eigenvalue weighted by atomic mass is 16.6. The van der Waals surface area contributed by atoms with E-state index in [0.29, 0.717) is 6.61 Å². The van der Waals surface area contributed by atoms with Gasteiger partial charge in [0.1, 0.15) is 24.4 Å². The van der Waals surface area contributed by atoms with Gasteiger partial charge in [-0.15, -0.1) is 0 Å². The Morgan fingerprint density at radius 2 is 1.83 bits per heavy atom. The molecule has 0 amide bonds. The molecule has 3 N–H and O–H groups in total. The average Bonchev–Trinajstić information content (AvgIpc) is 2.93. The normalized spacial score (nSPS) is 26.2. The molecule has 0 aromatic carbocycles. The molecular formula is C18H34O5. The van der Waals surface area contributed by atoms with Crippen LogP contribution in [-0.2, 0) is 9.47 Å². The van der Waals surface area contributed by atoms with Crippen LogP contribution in [0.3, 0.4) is 0 Å². The van der Waals surface area contributed by atoms with Crippen molar-refractivity contribution < 1.29 is 24.8 Å². The molecule has 1 heterocycles. The summed E-state index contributed by atoms with van der Waals surface area (Å²) in [4.78, 5) is 0. The fraction of sp³-hybridized carbons (Fsp3) is 0.889. The molecule has 0 aromatic rings. The first-order valence-corrected chi connectivity index (χ1v) is 9.05. The predicted molar refractivity (Wildman–Crippen MR) is 90.3 cm³/mol. The number of hydrogen-bond donors (Lipinski definition) is 3. The second-order valence-electron chi connectivity index (χ2n) is 6.26. The molecule has 1 aliphatic heterocycles. The molecule has 0 bridgehead atoms. The Morgan fingerprint density at radius 1 is 1.13 bits per heavy atom. The maximum atomic E-state index is 9.98. The first-order valence-electron chi connectivity index (χ1n) is 9.05. The van der Waals surface area contributed by atoms with Gasteiger partial charge in [0, 0.05) is 6.61 Å². The lowest BCUT2D eigenvalue weighted by atomic mass is 10.1. The molecule has 1 aliphatic rings. The van der Waals surface area contributed by atoms with Crippen LogP contribution in [0.5, 0.6) is 0 Å². The van der Waals surface area contributed by atoms with Crippen molar-refractivity contribution in [3.05, 3.63) is 12.2 Å². The predicted octanol–water partition coefficient (Wildman–Crippen LogP) is 2.18. The van der Waals surface area contributed by atoms with Crippen LogP contribution in [0.2, 0.25) is 0 Å². The largest absolute Gasteiger partial charge is 0.394 e. The molecule has 0 spiro atoms. The van der Waals surface area contributed by atoms with E-state index in [9.17, 15) is 10.2 Å². The second kappa shape index (κ2) is 12.9. The van der Waals surface area contributed by atoms with Gasteiger partial charge in [0.25, 0.3) is 0 Å². The lowest BCUT2D eigenvalue weighted by Gasteiger charge is -2.20. The van der Waals surface area contributed by atoms with Crippen molar-refractivity contribution in [2.24, 2.45) is 0 Å². The third-order valence-corrected chi connectivity index (χ3v) is 4.22. The van der Waals surface area contributed by atoms with E-state index >= 15 is 0 Å². The SMILES string of the molecule is CCCCCCC/C=C/CCCO[C@H]1CO[C@@H]([C@H](O)CO)[C@H]1O. The molecule has 4 atom stereocenters.